The van der Waals surface area contributed by atoms with Crippen molar-refractivity contribution in [3.63, 3.8) is 0 Å². The Morgan fingerprint density at radius 2 is 2.21 bits per heavy atom. The highest BCUT2D eigenvalue weighted by molar-refractivity contribution is 5.79. The summed E-state index contributed by atoms with van der Waals surface area (Å²) in [5, 5.41) is 13.7. The van der Waals surface area contributed by atoms with Crippen LogP contribution in [0.1, 0.15) is 39.1 Å². The molecular formula is C14H21N3O2. The van der Waals surface area contributed by atoms with Crippen molar-refractivity contribution in [1.29, 1.82) is 5.26 Å². The number of hydrogen-bond acceptors (Lipinski definition) is 4. The van der Waals surface area contributed by atoms with Crippen molar-refractivity contribution in [3.05, 3.63) is 17.5 Å². The monoisotopic (exact) mass is 263 g/mol. The van der Waals surface area contributed by atoms with Gasteiger partial charge in [0.25, 0.3) is 0 Å². The van der Waals surface area contributed by atoms with Crippen LogP contribution >= 0.6 is 0 Å². The highest BCUT2D eigenvalue weighted by atomic mass is 16.5. The molecule has 0 saturated carbocycles. The van der Waals surface area contributed by atoms with Gasteiger partial charge >= 0.3 is 5.97 Å². The fourth-order valence-electron chi connectivity index (χ4n) is 1.91. The van der Waals surface area contributed by atoms with Crippen molar-refractivity contribution in [2.24, 2.45) is 5.41 Å². The minimum Gasteiger partial charge on any atom is -0.465 e. The summed E-state index contributed by atoms with van der Waals surface area (Å²) in [5.41, 5.74) is 0.714. The van der Waals surface area contributed by atoms with Crippen LogP contribution < -0.4 is 0 Å². The van der Waals surface area contributed by atoms with Gasteiger partial charge in [-0.3, -0.25) is 9.48 Å². The molecule has 5 heteroatoms. The molecule has 0 saturated heterocycles. The second-order valence-corrected chi connectivity index (χ2v) is 4.64. The molecule has 0 bridgehead atoms. The van der Waals surface area contributed by atoms with E-state index < -0.39 is 11.4 Å². The van der Waals surface area contributed by atoms with E-state index in [-0.39, 0.29) is 6.61 Å². The zero-order valence-corrected chi connectivity index (χ0v) is 12.1. The molecule has 0 N–H and O–H groups in total. The summed E-state index contributed by atoms with van der Waals surface area (Å²) in [6, 6.07) is 4.03. The van der Waals surface area contributed by atoms with E-state index >= 15 is 0 Å². The van der Waals surface area contributed by atoms with Gasteiger partial charge in [0.05, 0.1) is 18.4 Å². The third-order valence-corrected chi connectivity index (χ3v) is 3.08. The maximum absolute atomic E-state index is 11.9. The van der Waals surface area contributed by atoms with Gasteiger partial charge in [-0.1, -0.05) is 6.92 Å². The molecule has 0 aliphatic rings. The normalized spacial score (nSPS) is 13.6. The van der Waals surface area contributed by atoms with Crippen LogP contribution in [0.5, 0.6) is 0 Å². The summed E-state index contributed by atoms with van der Waals surface area (Å²) < 4.78 is 6.83. The summed E-state index contributed by atoms with van der Waals surface area (Å²) in [6.07, 6.45) is 1.16. The summed E-state index contributed by atoms with van der Waals surface area (Å²) in [6.45, 7) is 8.37. The van der Waals surface area contributed by atoms with Crippen LogP contribution in [0.2, 0.25) is 0 Å². The lowest BCUT2D eigenvalue weighted by Gasteiger charge is -2.19. The van der Waals surface area contributed by atoms with Gasteiger partial charge in [0.2, 0.25) is 0 Å². The predicted molar refractivity (Wildman–Crippen MR) is 71.3 cm³/mol. The number of hydrogen-bond donors (Lipinski definition) is 0. The Morgan fingerprint density at radius 1 is 1.53 bits per heavy atom. The standard InChI is InChI=1S/C14H21N3O2/c1-5-11-8-12(17(6-2)16-11)9-14(4,10-15)13(18)19-7-3/h8H,5-7,9H2,1-4H3. The zero-order chi connectivity index (χ0) is 14.5. The number of aryl methyl sites for hydroxylation is 2. The Bertz CT molecular complexity index is 487. The SMILES string of the molecule is CCOC(=O)C(C)(C#N)Cc1cc(CC)nn1CC. The number of nitriles is 1. The van der Waals surface area contributed by atoms with E-state index in [1.807, 2.05) is 24.6 Å². The van der Waals surface area contributed by atoms with Crippen LogP contribution in [0.4, 0.5) is 0 Å². The molecule has 0 spiro atoms. The second kappa shape index (κ2) is 6.37. The third-order valence-electron chi connectivity index (χ3n) is 3.08. The molecule has 19 heavy (non-hydrogen) atoms. The third kappa shape index (κ3) is 3.34. The zero-order valence-electron chi connectivity index (χ0n) is 12.1. The molecule has 1 aromatic heterocycles. The average Bonchev–Trinajstić information content (AvgIpc) is 2.80. The average molecular weight is 263 g/mol. The number of esters is 1. The van der Waals surface area contributed by atoms with Crippen LogP contribution in [-0.2, 0) is 28.9 Å². The number of aromatic nitrogens is 2. The van der Waals surface area contributed by atoms with Crippen LogP contribution in [0, 0.1) is 16.7 Å². The number of ether oxygens (including phenoxy) is 1. The number of carbonyl (C=O) groups is 1. The molecular weight excluding hydrogens is 242 g/mol. The van der Waals surface area contributed by atoms with Crippen molar-refractivity contribution >= 4 is 5.97 Å². The predicted octanol–water partition coefficient (Wildman–Crippen LogP) is 2.10. The van der Waals surface area contributed by atoms with E-state index in [1.165, 1.54) is 0 Å². The van der Waals surface area contributed by atoms with Crippen molar-refractivity contribution in [2.45, 2.75) is 47.1 Å². The first-order chi connectivity index (χ1) is 9.00. The fourth-order valence-corrected chi connectivity index (χ4v) is 1.91. The second-order valence-electron chi connectivity index (χ2n) is 4.64. The molecule has 0 fully saturated rings. The van der Waals surface area contributed by atoms with Gasteiger partial charge in [0, 0.05) is 18.7 Å². The Kier molecular flexibility index (Phi) is 5.11. The largest absolute Gasteiger partial charge is 0.465 e. The first-order valence-electron chi connectivity index (χ1n) is 6.64. The van der Waals surface area contributed by atoms with Gasteiger partial charge in [-0.05, 0) is 33.3 Å². The van der Waals surface area contributed by atoms with Crippen LogP contribution in [0.3, 0.4) is 0 Å². The molecule has 0 aliphatic heterocycles. The molecule has 0 aromatic carbocycles. The van der Waals surface area contributed by atoms with Crippen molar-refractivity contribution in [2.75, 3.05) is 6.61 Å². The molecule has 5 nitrogen and oxygen atoms in total. The molecule has 1 heterocycles. The van der Waals surface area contributed by atoms with E-state index in [1.54, 1.807) is 13.8 Å². The van der Waals surface area contributed by atoms with Gasteiger partial charge in [-0.2, -0.15) is 10.4 Å². The van der Waals surface area contributed by atoms with E-state index in [0.29, 0.717) is 6.42 Å². The van der Waals surface area contributed by atoms with Gasteiger partial charge in [0.15, 0.2) is 5.41 Å². The molecule has 1 aromatic rings. The first kappa shape index (κ1) is 15.2. The topological polar surface area (TPSA) is 67.9 Å². The molecule has 1 rings (SSSR count). The van der Waals surface area contributed by atoms with Gasteiger partial charge in [0.1, 0.15) is 0 Å². The van der Waals surface area contributed by atoms with Crippen molar-refractivity contribution in [3.8, 4) is 6.07 Å². The molecule has 1 unspecified atom stereocenters. The van der Waals surface area contributed by atoms with Crippen LogP contribution in [0.15, 0.2) is 6.07 Å². The van der Waals surface area contributed by atoms with Crippen molar-refractivity contribution < 1.29 is 9.53 Å². The Hall–Kier alpha value is -1.83. The summed E-state index contributed by atoms with van der Waals surface area (Å²) in [7, 11) is 0. The molecule has 0 radical (unpaired) electrons. The number of nitrogens with zero attached hydrogens (tertiary/aromatic N) is 3. The quantitative estimate of drug-likeness (QED) is 0.737. The van der Waals surface area contributed by atoms with Crippen LogP contribution in [0.25, 0.3) is 0 Å². The number of carbonyl (C=O) groups excluding carboxylic acids is 1. The Labute approximate surface area is 114 Å². The molecule has 1 atom stereocenters. The lowest BCUT2D eigenvalue weighted by molar-refractivity contribution is -0.151. The smallest absolute Gasteiger partial charge is 0.326 e. The van der Waals surface area contributed by atoms with Gasteiger partial charge in [-0.15, -0.1) is 0 Å². The maximum atomic E-state index is 11.9. The van der Waals surface area contributed by atoms with E-state index in [2.05, 4.69) is 11.2 Å². The highest BCUT2D eigenvalue weighted by Crippen LogP contribution is 2.24. The Morgan fingerprint density at radius 3 is 2.68 bits per heavy atom. The lowest BCUT2D eigenvalue weighted by Crippen LogP contribution is -2.31. The fraction of sp³-hybridized carbons (Fsp3) is 0.643. The van der Waals surface area contributed by atoms with E-state index in [4.69, 9.17) is 4.74 Å². The first-order valence-corrected chi connectivity index (χ1v) is 6.64. The summed E-state index contributed by atoms with van der Waals surface area (Å²) >= 11 is 0. The lowest BCUT2D eigenvalue weighted by atomic mass is 9.87. The maximum Gasteiger partial charge on any atom is 0.326 e. The van der Waals surface area contributed by atoms with E-state index in [9.17, 15) is 10.1 Å². The molecule has 0 aliphatic carbocycles. The van der Waals surface area contributed by atoms with Gasteiger partial charge < -0.3 is 4.74 Å². The molecule has 0 amide bonds. The van der Waals surface area contributed by atoms with Crippen molar-refractivity contribution in [1.82, 2.24) is 9.78 Å². The minimum atomic E-state index is -1.16. The minimum absolute atomic E-state index is 0.281. The number of rotatable bonds is 6. The summed E-state index contributed by atoms with van der Waals surface area (Å²) in [5.74, 6) is -0.473. The van der Waals surface area contributed by atoms with Gasteiger partial charge in [-0.25, -0.2) is 0 Å². The summed E-state index contributed by atoms with van der Waals surface area (Å²) in [4.78, 5) is 11.9. The molecule has 104 valence electrons. The Balaban J connectivity index is 3.01. The van der Waals surface area contributed by atoms with Crippen LogP contribution in [-0.4, -0.2) is 22.4 Å². The van der Waals surface area contributed by atoms with E-state index in [0.717, 1.165) is 24.4 Å². The highest BCUT2D eigenvalue weighted by Gasteiger charge is 2.36.